The molecule has 5 heteroatoms. The minimum atomic E-state index is -0.362. The van der Waals surface area contributed by atoms with Crippen LogP contribution in [0.15, 0.2) is 47.4 Å². The quantitative estimate of drug-likeness (QED) is 0.783. The van der Waals surface area contributed by atoms with Crippen LogP contribution in [-0.2, 0) is 6.42 Å². The highest BCUT2D eigenvalue weighted by Crippen LogP contribution is 2.31. The number of aliphatic hydroxyl groups is 1. The molecule has 0 unspecified atom stereocenters. The topological polar surface area (TPSA) is 82.2 Å². The molecule has 3 N–H and O–H groups in total. The van der Waals surface area contributed by atoms with E-state index >= 15 is 0 Å². The molecule has 1 heterocycles. The summed E-state index contributed by atoms with van der Waals surface area (Å²) in [6.07, 6.45) is 3.23. The van der Waals surface area contributed by atoms with Gasteiger partial charge in [0.2, 0.25) is 0 Å². The molecule has 3 rings (SSSR count). The number of rotatable bonds is 5. The molecular weight excluding hydrogens is 304 g/mol. The third-order valence-corrected chi connectivity index (χ3v) is 4.64. The van der Waals surface area contributed by atoms with Crippen molar-refractivity contribution in [3.8, 4) is 0 Å². The lowest BCUT2D eigenvalue weighted by atomic mass is 9.75. The van der Waals surface area contributed by atoms with E-state index < -0.39 is 0 Å². The number of aryl methyl sites for hydroxylation is 1. The molecule has 1 amide bonds. The highest BCUT2D eigenvalue weighted by molar-refractivity contribution is 5.94. The number of aromatic amines is 1. The molecule has 0 spiro atoms. The Balaban J connectivity index is 1.76. The lowest BCUT2D eigenvalue weighted by Gasteiger charge is -2.38. The van der Waals surface area contributed by atoms with Crippen LogP contribution in [0.4, 0.5) is 0 Å². The fourth-order valence-electron chi connectivity index (χ4n) is 3.16. The van der Waals surface area contributed by atoms with E-state index in [9.17, 15) is 14.7 Å². The molecule has 1 atom stereocenters. The maximum absolute atomic E-state index is 12.5. The molecule has 24 heavy (non-hydrogen) atoms. The SMILES string of the molecule is Cc1cc(=O)c(C(=O)N[C@@H](Cc2ccccc2)C2CC(O)C2)c[nH]1. The van der Waals surface area contributed by atoms with Crippen LogP contribution in [0.25, 0.3) is 0 Å². The van der Waals surface area contributed by atoms with Crippen molar-refractivity contribution in [2.75, 3.05) is 0 Å². The standard InChI is InChI=1S/C19H22N2O3/c1-12-7-18(23)16(11-20-12)19(24)21-17(14-9-15(22)10-14)8-13-5-3-2-4-6-13/h2-7,11,14-15,17,22H,8-10H2,1H3,(H,20,23)(H,21,24)/t14?,15?,17-/m0/s1. The van der Waals surface area contributed by atoms with E-state index in [4.69, 9.17) is 0 Å². The average Bonchev–Trinajstić information content (AvgIpc) is 2.52. The monoisotopic (exact) mass is 326 g/mol. The van der Waals surface area contributed by atoms with Crippen molar-refractivity contribution < 1.29 is 9.90 Å². The number of aromatic nitrogens is 1. The van der Waals surface area contributed by atoms with Gasteiger partial charge in [0.05, 0.1) is 6.10 Å². The van der Waals surface area contributed by atoms with E-state index in [-0.39, 0.29) is 35.0 Å². The van der Waals surface area contributed by atoms with E-state index in [1.165, 1.54) is 12.3 Å². The van der Waals surface area contributed by atoms with Gasteiger partial charge in [0, 0.05) is 24.0 Å². The van der Waals surface area contributed by atoms with Gasteiger partial charge in [0.15, 0.2) is 5.43 Å². The van der Waals surface area contributed by atoms with Crippen molar-refractivity contribution in [1.29, 1.82) is 0 Å². The first-order valence-corrected chi connectivity index (χ1v) is 8.25. The van der Waals surface area contributed by atoms with Gasteiger partial charge in [0.25, 0.3) is 5.91 Å². The van der Waals surface area contributed by atoms with Crippen LogP contribution in [0.1, 0.15) is 34.5 Å². The maximum atomic E-state index is 12.5. The number of hydrogen-bond donors (Lipinski definition) is 3. The number of amides is 1. The number of aliphatic hydroxyl groups excluding tert-OH is 1. The lowest BCUT2D eigenvalue weighted by Crippen LogP contribution is -2.49. The molecule has 1 aromatic heterocycles. The minimum absolute atomic E-state index is 0.0935. The predicted octanol–water partition coefficient (Wildman–Crippen LogP) is 1.80. The number of hydrogen-bond acceptors (Lipinski definition) is 3. The molecule has 2 aromatic rings. The molecule has 1 saturated carbocycles. The van der Waals surface area contributed by atoms with Gasteiger partial charge in [-0.25, -0.2) is 0 Å². The van der Waals surface area contributed by atoms with Gasteiger partial charge in [-0.15, -0.1) is 0 Å². The molecule has 1 aliphatic rings. The van der Waals surface area contributed by atoms with Crippen molar-refractivity contribution in [3.63, 3.8) is 0 Å². The highest BCUT2D eigenvalue weighted by Gasteiger charge is 2.35. The zero-order valence-electron chi connectivity index (χ0n) is 13.7. The summed E-state index contributed by atoms with van der Waals surface area (Å²) < 4.78 is 0. The van der Waals surface area contributed by atoms with E-state index in [0.29, 0.717) is 19.3 Å². The summed E-state index contributed by atoms with van der Waals surface area (Å²) in [5.74, 6) is -0.132. The van der Waals surface area contributed by atoms with Crippen molar-refractivity contribution >= 4 is 5.91 Å². The first-order valence-electron chi connectivity index (χ1n) is 8.25. The zero-order valence-corrected chi connectivity index (χ0v) is 13.7. The van der Waals surface area contributed by atoms with Gasteiger partial charge in [0.1, 0.15) is 5.56 Å². The number of carbonyl (C=O) groups excluding carboxylic acids is 1. The van der Waals surface area contributed by atoms with Gasteiger partial charge in [-0.2, -0.15) is 0 Å². The Kier molecular flexibility index (Phi) is 4.81. The Bertz CT molecular complexity index is 764. The van der Waals surface area contributed by atoms with Crippen molar-refractivity contribution in [1.82, 2.24) is 10.3 Å². The maximum Gasteiger partial charge on any atom is 0.256 e. The molecule has 1 fully saturated rings. The summed E-state index contributed by atoms with van der Waals surface area (Å²) in [6, 6.07) is 11.3. The molecule has 126 valence electrons. The van der Waals surface area contributed by atoms with Crippen LogP contribution in [0.5, 0.6) is 0 Å². The number of H-pyrrole nitrogens is 1. The van der Waals surface area contributed by atoms with Gasteiger partial charge in [-0.1, -0.05) is 30.3 Å². The molecule has 1 aromatic carbocycles. The summed E-state index contributed by atoms with van der Waals surface area (Å²) in [6.45, 7) is 1.77. The smallest absolute Gasteiger partial charge is 0.256 e. The fourth-order valence-corrected chi connectivity index (χ4v) is 3.16. The van der Waals surface area contributed by atoms with E-state index in [1.807, 2.05) is 30.3 Å². The Morgan fingerprint density at radius 3 is 2.67 bits per heavy atom. The number of benzene rings is 1. The second kappa shape index (κ2) is 7.01. The molecule has 0 saturated heterocycles. The van der Waals surface area contributed by atoms with Gasteiger partial charge >= 0.3 is 0 Å². The molecule has 0 aliphatic heterocycles. The second-order valence-electron chi connectivity index (χ2n) is 6.55. The highest BCUT2D eigenvalue weighted by atomic mass is 16.3. The molecule has 0 bridgehead atoms. The molecule has 0 radical (unpaired) electrons. The number of carbonyl (C=O) groups is 1. The van der Waals surface area contributed by atoms with E-state index in [0.717, 1.165) is 11.3 Å². The van der Waals surface area contributed by atoms with Gasteiger partial charge in [-0.05, 0) is 37.7 Å². The average molecular weight is 326 g/mol. The third kappa shape index (κ3) is 3.74. The summed E-state index contributed by atoms with van der Waals surface area (Å²) >= 11 is 0. The first kappa shape index (κ1) is 16.5. The Morgan fingerprint density at radius 2 is 2.04 bits per heavy atom. The molecular formula is C19H22N2O3. The van der Waals surface area contributed by atoms with Crippen LogP contribution in [0, 0.1) is 12.8 Å². The van der Waals surface area contributed by atoms with Crippen LogP contribution in [0.2, 0.25) is 0 Å². The van der Waals surface area contributed by atoms with Crippen molar-refractivity contribution in [2.45, 2.75) is 38.3 Å². The van der Waals surface area contributed by atoms with Crippen molar-refractivity contribution in [2.24, 2.45) is 5.92 Å². The largest absolute Gasteiger partial charge is 0.393 e. The normalized spacial score (nSPS) is 20.9. The van der Waals surface area contributed by atoms with Crippen LogP contribution < -0.4 is 10.7 Å². The second-order valence-corrected chi connectivity index (χ2v) is 6.55. The van der Waals surface area contributed by atoms with Gasteiger partial charge < -0.3 is 15.4 Å². The first-order chi connectivity index (χ1) is 11.5. The Morgan fingerprint density at radius 1 is 1.33 bits per heavy atom. The van der Waals surface area contributed by atoms with Gasteiger partial charge in [-0.3, -0.25) is 9.59 Å². The fraction of sp³-hybridized carbons (Fsp3) is 0.368. The minimum Gasteiger partial charge on any atom is -0.393 e. The molecule has 5 nitrogen and oxygen atoms in total. The summed E-state index contributed by atoms with van der Waals surface area (Å²) in [5.41, 5.74) is 1.69. The lowest BCUT2D eigenvalue weighted by molar-refractivity contribution is 0.0239. The van der Waals surface area contributed by atoms with Crippen LogP contribution >= 0.6 is 0 Å². The van der Waals surface area contributed by atoms with Crippen LogP contribution in [-0.4, -0.2) is 28.1 Å². The predicted molar refractivity (Wildman–Crippen MR) is 91.9 cm³/mol. The Labute approximate surface area is 140 Å². The Hall–Kier alpha value is -2.40. The third-order valence-electron chi connectivity index (χ3n) is 4.64. The molecule has 1 aliphatic carbocycles. The number of nitrogens with one attached hydrogen (secondary N) is 2. The van der Waals surface area contributed by atoms with Crippen LogP contribution in [0.3, 0.4) is 0 Å². The summed E-state index contributed by atoms with van der Waals surface area (Å²) in [4.78, 5) is 27.4. The van der Waals surface area contributed by atoms with E-state index in [2.05, 4.69) is 10.3 Å². The van der Waals surface area contributed by atoms with E-state index in [1.54, 1.807) is 6.92 Å². The van der Waals surface area contributed by atoms with Crippen molar-refractivity contribution in [3.05, 3.63) is 69.6 Å². The number of pyridine rings is 1. The summed E-state index contributed by atoms with van der Waals surface area (Å²) in [5, 5.41) is 12.6. The summed E-state index contributed by atoms with van der Waals surface area (Å²) in [7, 11) is 0. The zero-order chi connectivity index (χ0) is 17.1.